The summed E-state index contributed by atoms with van der Waals surface area (Å²) in [4.78, 5) is 0. The Balaban J connectivity index is 2.61. The molecule has 0 bridgehead atoms. The molecule has 0 aliphatic heterocycles. The van der Waals surface area contributed by atoms with Gasteiger partial charge in [-0.05, 0) is 0 Å². The van der Waals surface area contributed by atoms with Crippen molar-refractivity contribution >= 4 is 12.6 Å². The molecule has 1 heterocycles. The van der Waals surface area contributed by atoms with E-state index in [1.165, 1.54) is 0 Å². The summed E-state index contributed by atoms with van der Waals surface area (Å²) in [6.45, 7) is 0.990. The molecule has 0 fully saturated rings. The first-order valence-electron chi connectivity index (χ1n) is 2.95. The predicted molar refractivity (Wildman–Crippen MR) is 39.5 cm³/mol. The Bertz CT molecular complexity index is 183. The standard InChI is InChI=1S/C6H10N2S/c1-7-2-3-8(6-7)4-5-9/h2-3,6H,4-5H2,1H3/p+1. The maximum absolute atomic E-state index is 4.11. The molecule has 0 unspecified atom stereocenters. The van der Waals surface area contributed by atoms with Gasteiger partial charge in [0, 0.05) is 5.75 Å². The summed E-state index contributed by atoms with van der Waals surface area (Å²) >= 11 is 4.11. The molecule has 0 atom stereocenters. The molecule has 1 aromatic rings. The van der Waals surface area contributed by atoms with E-state index in [4.69, 9.17) is 0 Å². The van der Waals surface area contributed by atoms with Crippen LogP contribution in [0.25, 0.3) is 0 Å². The minimum absolute atomic E-state index is 0.898. The molecular weight excluding hydrogens is 132 g/mol. The Morgan fingerprint density at radius 3 is 2.89 bits per heavy atom. The van der Waals surface area contributed by atoms with Crippen LogP contribution < -0.4 is 4.57 Å². The fraction of sp³-hybridized carbons (Fsp3) is 0.500. The van der Waals surface area contributed by atoms with Crippen molar-refractivity contribution < 1.29 is 4.57 Å². The highest BCUT2D eigenvalue weighted by atomic mass is 32.1. The van der Waals surface area contributed by atoms with Crippen molar-refractivity contribution in [1.82, 2.24) is 4.57 Å². The third-order valence-corrected chi connectivity index (χ3v) is 1.38. The van der Waals surface area contributed by atoms with E-state index in [1.807, 2.05) is 30.3 Å². The third kappa shape index (κ3) is 1.75. The van der Waals surface area contributed by atoms with Gasteiger partial charge in [-0.3, -0.25) is 0 Å². The van der Waals surface area contributed by atoms with E-state index in [0.717, 1.165) is 12.3 Å². The van der Waals surface area contributed by atoms with Crippen molar-refractivity contribution in [1.29, 1.82) is 0 Å². The van der Waals surface area contributed by atoms with Gasteiger partial charge in [-0.15, -0.1) is 0 Å². The van der Waals surface area contributed by atoms with Gasteiger partial charge < -0.3 is 0 Å². The van der Waals surface area contributed by atoms with Crippen LogP contribution in [-0.2, 0) is 13.6 Å². The maximum Gasteiger partial charge on any atom is 0.243 e. The normalized spacial score (nSPS) is 10.0. The number of aromatic nitrogens is 2. The van der Waals surface area contributed by atoms with Crippen LogP contribution in [0.5, 0.6) is 0 Å². The summed E-state index contributed by atoms with van der Waals surface area (Å²) in [6, 6.07) is 0. The second-order valence-corrected chi connectivity index (χ2v) is 2.49. The van der Waals surface area contributed by atoms with Crippen LogP contribution in [0, 0.1) is 0 Å². The van der Waals surface area contributed by atoms with Crippen LogP contribution in [0.4, 0.5) is 0 Å². The second-order valence-electron chi connectivity index (χ2n) is 2.04. The number of nitrogens with zero attached hydrogens (tertiary/aromatic N) is 2. The van der Waals surface area contributed by atoms with Crippen molar-refractivity contribution in [3.8, 4) is 0 Å². The van der Waals surface area contributed by atoms with Crippen LogP contribution in [0.3, 0.4) is 0 Å². The van der Waals surface area contributed by atoms with Crippen LogP contribution >= 0.6 is 12.6 Å². The molecule has 0 saturated carbocycles. The molecule has 0 aromatic carbocycles. The van der Waals surface area contributed by atoms with E-state index >= 15 is 0 Å². The van der Waals surface area contributed by atoms with Gasteiger partial charge in [0.05, 0.1) is 13.6 Å². The van der Waals surface area contributed by atoms with Gasteiger partial charge in [0.1, 0.15) is 12.4 Å². The maximum atomic E-state index is 4.11. The summed E-state index contributed by atoms with van der Waals surface area (Å²) in [5.74, 6) is 0.898. The average molecular weight is 143 g/mol. The molecule has 0 spiro atoms. The Kier molecular flexibility index (Phi) is 2.16. The molecule has 3 heteroatoms. The summed E-state index contributed by atoms with van der Waals surface area (Å²) in [6.07, 6.45) is 6.09. The zero-order chi connectivity index (χ0) is 6.69. The molecule has 0 amide bonds. The zero-order valence-electron chi connectivity index (χ0n) is 5.49. The second kappa shape index (κ2) is 2.92. The topological polar surface area (TPSA) is 8.81 Å². The fourth-order valence-electron chi connectivity index (χ4n) is 0.749. The first-order valence-corrected chi connectivity index (χ1v) is 3.58. The number of aryl methyl sites for hydroxylation is 2. The lowest BCUT2D eigenvalue weighted by Gasteiger charge is -1.86. The molecular formula is C6H11N2S+. The van der Waals surface area contributed by atoms with E-state index in [2.05, 4.69) is 17.2 Å². The van der Waals surface area contributed by atoms with Crippen molar-refractivity contribution in [3.05, 3.63) is 18.7 Å². The molecule has 0 aliphatic carbocycles. The number of hydrogen-bond acceptors (Lipinski definition) is 1. The van der Waals surface area contributed by atoms with Crippen molar-refractivity contribution in [2.45, 2.75) is 6.54 Å². The number of hydrogen-bond donors (Lipinski definition) is 1. The molecule has 0 radical (unpaired) electrons. The summed E-state index contributed by atoms with van der Waals surface area (Å²) in [7, 11) is 2.01. The van der Waals surface area contributed by atoms with Crippen LogP contribution in [0.15, 0.2) is 18.7 Å². The molecule has 0 saturated heterocycles. The van der Waals surface area contributed by atoms with Crippen LogP contribution in [0.1, 0.15) is 0 Å². The smallest absolute Gasteiger partial charge is 0.240 e. The highest BCUT2D eigenvalue weighted by Gasteiger charge is 1.95. The molecule has 0 aliphatic rings. The highest BCUT2D eigenvalue weighted by molar-refractivity contribution is 7.80. The van der Waals surface area contributed by atoms with Crippen LogP contribution in [0.2, 0.25) is 0 Å². The highest BCUT2D eigenvalue weighted by Crippen LogP contribution is 1.84. The SMILES string of the molecule is C[n+]1ccn(CCS)c1. The van der Waals surface area contributed by atoms with E-state index < -0.39 is 0 Å². The monoisotopic (exact) mass is 143 g/mol. The van der Waals surface area contributed by atoms with Crippen molar-refractivity contribution in [2.75, 3.05) is 5.75 Å². The number of rotatable bonds is 2. The van der Waals surface area contributed by atoms with Crippen molar-refractivity contribution in [3.63, 3.8) is 0 Å². The van der Waals surface area contributed by atoms with Gasteiger partial charge in [-0.2, -0.15) is 12.6 Å². The van der Waals surface area contributed by atoms with Gasteiger partial charge >= 0.3 is 0 Å². The predicted octanol–water partition coefficient (Wildman–Crippen LogP) is 0.242. The molecule has 1 rings (SSSR count). The fourth-order valence-corrected chi connectivity index (χ4v) is 0.980. The Morgan fingerprint density at radius 1 is 1.67 bits per heavy atom. The number of imidazole rings is 1. The molecule has 0 N–H and O–H groups in total. The van der Waals surface area contributed by atoms with E-state index in [-0.39, 0.29) is 0 Å². The summed E-state index contributed by atoms with van der Waals surface area (Å²) < 4.78 is 4.12. The molecule has 1 aromatic heterocycles. The van der Waals surface area contributed by atoms with Crippen LogP contribution in [-0.4, -0.2) is 10.3 Å². The summed E-state index contributed by atoms with van der Waals surface area (Å²) in [5, 5.41) is 0. The minimum Gasteiger partial charge on any atom is -0.240 e. The Hall–Kier alpha value is -0.440. The molecule has 9 heavy (non-hydrogen) atoms. The lowest BCUT2D eigenvalue weighted by molar-refractivity contribution is -0.671. The third-order valence-electron chi connectivity index (χ3n) is 1.18. The lowest BCUT2D eigenvalue weighted by atomic mass is 10.7. The van der Waals surface area contributed by atoms with Gasteiger partial charge in [-0.25, -0.2) is 9.13 Å². The van der Waals surface area contributed by atoms with Gasteiger partial charge in [0.25, 0.3) is 0 Å². The average Bonchev–Trinajstić information content (AvgIpc) is 2.17. The van der Waals surface area contributed by atoms with Gasteiger partial charge in [0.15, 0.2) is 0 Å². The van der Waals surface area contributed by atoms with Gasteiger partial charge in [0.2, 0.25) is 6.33 Å². The largest absolute Gasteiger partial charge is 0.243 e. The van der Waals surface area contributed by atoms with E-state index in [0.29, 0.717) is 0 Å². The van der Waals surface area contributed by atoms with Gasteiger partial charge in [-0.1, -0.05) is 0 Å². The first-order chi connectivity index (χ1) is 4.33. The summed E-state index contributed by atoms with van der Waals surface area (Å²) in [5.41, 5.74) is 0. The van der Waals surface area contributed by atoms with E-state index in [9.17, 15) is 0 Å². The quantitative estimate of drug-likeness (QED) is 0.448. The number of thiol groups is 1. The first kappa shape index (κ1) is 6.68. The van der Waals surface area contributed by atoms with E-state index in [1.54, 1.807) is 0 Å². The minimum atomic E-state index is 0.898. The molecule has 50 valence electrons. The zero-order valence-corrected chi connectivity index (χ0v) is 6.38. The molecule has 2 nitrogen and oxygen atoms in total. The Morgan fingerprint density at radius 2 is 2.44 bits per heavy atom. The van der Waals surface area contributed by atoms with Crippen molar-refractivity contribution in [2.24, 2.45) is 7.05 Å². The lowest BCUT2D eigenvalue weighted by Crippen LogP contribution is -2.23. The Labute approximate surface area is 60.5 Å².